The van der Waals surface area contributed by atoms with Crippen LogP contribution in [0.3, 0.4) is 0 Å². The highest BCUT2D eigenvalue weighted by Crippen LogP contribution is 2.24. The Kier molecular flexibility index (Phi) is 4.39. The summed E-state index contributed by atoms with van der Waals surface area (Å²) in [7, 11) is 0. The molecule has 110 valence electrons. The predicted octanol–water partition coefficient (Wildman–Crippen LogP) is 4.54. The fourth-order valence-corrected chi connectivity index (χ4v) is 3.13. The van der Waals surface area contributed by atoms with Gasteiger partial charge in [-0.3, -0.25) is 0 Å². The van der Waals surface area contributed by atoms with Crippen LogP contribution in [0.15, 0.2) is 42.5 Å². The third kappa shape index (κ3) is 3.54. The van der Waals surface area contributed by atoms with Crippen molar-refractivity contribution in [2.24, 2.45) is 5.92 Å². The molecule has 0 radical (unpaired) electrons. The second-order valence-electron chi connectivity index (χ2n) is 5.87. The van der Waals surface area contributed by atoms with E-state index in [1.165, 1.54) is 32.1 Å². The van der Waals surface area contributed by atoms with Crippen molar-refractivity contribution in [2.75, 3.05) is 11.9 Å². The van der Waals surface area contributed by atoms with Crippen LogP contribution in [0.25, 0.3) is 10.8 Å². The van der Waals surface area contributed by atoms with Gasteiger partial charge in [-0.1, -0.05) is 55.7 Å². The second kappa shape index (κ2) is 6.61. The van der Waals surface area contributed by atoms with Crippen molar-refractivity contribution in [1.82, 2.24) is 5.32 Å². The van der Waals surface area contributed by atoms with Crippen LogP contribution in [-0.4, -0.2) is 12.6 Å². The lowest BCUT2D eigenvalue weighted by Gasteiger charge is -2.21. The average Bonchev–Trinajstić information content (AvgIpc) is 2.54. The van der Waals surface area contributed by atoms with Gasteiger partial charge >= 0.3 is 6.03 Å². The lowest BCUT2D eigenvalue weighted by molar-refractivity contribution is 0.247. The SMILES string of the molecule is O=C(NCC1CCCCC1)Nc1cccc2ccccc12. The Labute approximate surface area is 125 Å². The van der Waals surface area contributed by atoms with E-state index in [1.54, 1.807) is 0 Å². The third-order valence-corrected chi connectivity index (χ3v) is 4.31. The molecular weight excluding hydrogens is 260 g/mol. The maximum Gasteiger partial charge on any atom is 0.319 e. The van der Waals surface area contributed by atoms with Gasteiger partial charge in [0.2, 0.25) is 0 Å². The predicted molar refractivity (Wildman–Crippen MR) is 87.5 cm³/mol. The minimum Gasteiger partial charge on any atom is -0.338 e. The molecule has 2 amide bonds. The van der Waals surface area contributed by atoms with Crippen molar-refractivity contribution in [3.8, 4) is 0 Å². The number of fused-ring (bicyclic) bond motifs is 1. The van der Waals surface area contributed by atoms with Crippen LogP contribution in [-0.2, 0) is 0 Å². The number of amides is 2. The zero-order valence-electron chi connectivity index (χ0n) is 12.3. The molecule has 3 nitrogen and oxygen atoms in total. The number of hydrogen-bond acceptors (Lipinski definition) is 1. The standard InChI is InChI=1S/C18H22N2O/c21-18(19-13-14-7-2-1-3-8-14)20-17-12-6-10-15-9-4-5-11-16(15)17/h4-6,9-12,14H,1-3,7-8,13H2,(H2,19,20,21). The van der Waals surface area contributed by atoms with Gasteiger partial charge in [0.15, 0.2) is 0 Å². The van der Waals surface area contributed by atoms with E-state index in [1.807, 2.05) is 30.3 Å². The smallest absolute Gasteiger partial charge is 0.319 e. The minimum atomic E-state index is -0.100. The molecule has 0 bridgehead atoms. The molecule has 2 aromatic rings. The van der Waals surface area contributed by atoms with E-state index in [9.17, 15) is 4.79 Å². The summed E-state index contributed by atoms with van der Waals surface area (Å²) >= 11 is 0. The molecule has 1 fully saturated rings. The summed E-state index contributed by atoms with van der Waals surface area (Å²) < 4.78 is 0. The number of carbonyl (C=O) groups excluding carboxylic acids is 1. The molecule has 1 aliphatic carbocycles. The van der Waals surface area contributed by atoms with Crippen LogP contribution in [0.5, 0.6) is 0 Å². The summed E-state index contributed by atoms with van der Waals surface area (Å²) in [5.74, 6) is 0.650. The van der Waals surface area contributed by atoms with Gasteiger partial charge in [0, 0.05) is 11.9 Å². The first-order valence-electron chi connectivity index (χ1n) is 7.85. The van der Waals surface area contributed by atoms with Gasteiger partial charge in [-0.15, -0.1) is 0 Å². The maximum absolute atomic E-state index is 12.1. The first kappa shape index (κ1) is 13.9. The van der Waals surface area contributed by atoms with Crippen LogP contribution in [0, 0.1) is 5.92 Å². The van der Waals surface area contributed by atoms with Crippen LogP contribution in [0.2, 0.25) is 0 Å². The normalized spacial score (nSPS) is 15.8. The molecule has 0 aliphatic heterocycles. The topological polar surface area (TPSA) is 41.1 Å². The van der Waals surface area contributed by atoms with E-state index in [2.05, 4.69) is 22.8 Å². The molecule has 0 heterocycles. The largest absolute Gasteiger partial charge is 0.338 e. The van der Waals surface area contributed by atoms with Gasteiger partial charge in [0.25, 0.3) is 0 Å². The number of benzene rings is 2. The highest BCUT2D eigenvalue weighted by molar-refractivity contribution is 6.01. The zero-order valence-corrected chi connectivity index (χ0v) is 12.3. The Balaban J connectivity index is 1.61. The lowest BCUT2D eigenvalue weighted by Crippen LogP contribution is -2.33. The van der Waals surface area contributed by atoms with Gasteiger partial charge < -0.3 is 10.6 Å². The van der Waals surface area contributed by atoms with Crippen LogP contribution >= 0.6 is 0 Å². The molecular formula is C18H22N2O. The Morgan fingerprint density at radius 1 is 1.00 bits per heavy atom. The fraction of sp³-hybridized carbons (Fsp3) is 0.389. The quantitative estimate of drug-likeness (QED) is 0.852. The first-order chi connectivity index (χ1) is 10.3. The van der Waals surface area contributed by atoms with Gasteiger partial charge in [-0.2, -0.15) is 0 Å². The van der Waals surface area contributed by atoms with E-state index in [-0.39, 0.29) is 6.03 Å². The molecule has 3 rings (SSSR count). The summed E-state index contributed by atoms with van der Waals surface area (Å²) in [6.45, 7) is 0.788. The van der Waals surface area contributed by atoms with Crippen molar-refractivity contribution in [1.29, 1.82) is 0 Å². The van der Waals surface area contributed by atoms with Crippen molar-refractivity contribution >= 4 is 22.5 Å². The monoisotopic (exact) mass is 282 g/mol. The van der Waals surface area contributed by atoms with E-state index in [0.717, 1.165) is 23.0 Å². The van der Waals surface area contributed by atoms with Crippen LogP contribution in [0.4, 0.5) is 10.5 Å². The van der Waals surface area contributed by atoms with Crippen molar-refractivity contribution in [3.63, 3.8) is 0 Å². The maximum atomic E-state index is 12.1. The number of urea groups is 1. The van der Waals surface area contributed by atoms with E-state index >= 15 is 0 Å². The van der Waals surface area contributed by atoms with E-state index in [0.29, 0.717) is 5.92 Å². The Bertz CT molecular complexity index is 612. The minimum absolute atomic E-state index is 0.100. The third-order valence-electron chi connectivity index (χ3n) is 4.31. The molecule has 1 saturated carbocycles. The molecule has 0 spiro atoms. The van der Waals surface area contributed by atoms with Crippen LogP contribution < -0.4 is 10.6 Å². The van der Waals surface area contributed by atoms with Crippen molar-refractivity contribution in [3.05, 3.63) is 42.5 Å². The van der Waals surface area contributed by atoms with Crippen molar-refractivity contribution < 1.29 is 4.79 Å². The van der Waals surface area contributed by atoms with E-state index < -0.39 is 0 Å². The summed E-state index contributed by atoms with van der Waals surface area (Å²) in [6.07, 6.45) is 6.44. The molecule has 0 atom stereocenters. The first-order valence-corrected chi connectivity index (χ1v) is 7.85. The van der Waals surface area contributed by atoms with Crippen molar-refractivity contribution in [2.45, 2.75) is 32.1 Å². The van der Waals surface area contributed by atoms with Gasteiger partial charge in [-0.05, 0) is 30.2 Å². The molecule has 0 aromatic heterocycles. The molecule has 21 heavy (non-hydrogen) atoms. The average molecular weight is 282 g/mol. The Hall–Kier alpha value is -2.03. The number of rotatable bonds is 3. The van der Waals surface area contributed by atoms with Gasteiger partial charge in [-0.25, -0.2) is 4.79 Å². The van der Waals surface area contributed by atoms with E-state index in [4.69, 9.17) is 0 Å². The number of anilines is 1. The second-order valence-corrected chi connectivity index (χ2v) is 5.87. The summed E-state index contributed by atoms with van der Waals surface area (Å²) in [5, 5.41) is 8.21. The van der Waals surface area contributed by atoms with Crippen LogP contribution in [0.1, 0.15) is 32.1 Å². The Morgan fingerprint density at radius 2 is 1.76 bits per heavy atom. The lowest BCUT2D eigenvalue weighted by atomic mass is 9.89. The van der Waals surface area contributed by atoms with Gasteiger partial charge in [0.05, 0.1) is 5.69 Å². The number of carbonyl (C=O) groups is 1. The highest BCUT2D eigenvalue weighted by Gasteiger charge is 2.14. The molecule has 2 aromatic carbocycles. The Morgan fingerprint density at radius 3 is 2.62 bits per heavy atom. The number of nitrogens with one attached hydrogen (secondary N) is 2. The summed E-state index contributed by atoms with van der Waals surface area (Å²) in [4.78, 5) is 12.1. The summed E-state index contributed by atoms with van der Waals surface area (Å²) in [5.41, 5.74) is 0.870. The molecule has 0 unspecified atom stereocenters. The van der Waals surface area contributed by atoms with Gasteiger partial charge in [0.1, 0.15) is 0 Å². The number of hydrogen-bond donors (Lipinski definition) is 2. The fourth-order valence-electron chi connectivity index (χ4n) is 3.13. The zero-order chi connectivity index (χ0) is 14.5. The highest BCUT2D eigenvalue weighted by atomic mass is 16.2. The molecule has 1 aliphatic rings. The molecule has 2 N–H and O–H groups in total. The summed E-state index contributed by atoms with van der Waals surface area (Å²) in [6, 6.07) is 14.0. The molecule has 3 heteroatoms. The molecule has 0 saturated heterocycles.